The maximum Gasteiger partial charge on any atom is 0.248 e. The number of anilines is 1. The van der Waals surface area contributed by atoms with E-state index >= 15 is 0 Å². The normalized spacial score (nSPS) is 10.2. The molecule has 0 heterocycles. The first kappa shape index (κ1) is 14.8. The molecular weight excluding hydrogens is 271 g/mol. The Morgan fingerprint density at radius 3 is 2.62 bits per heavy atom. The van der Waals surface area contributed by atoms with Crippen molar-refractivity contribution in [2.24, 2.45) is 5.73 Å². The zero-order valence-corrected chi connectivity index (χ0v) is 11.9. The van der Waals surface area contributed by atoms with Gasteiger partial charge in [0.2, 0.25) is 5.91 Å². The second-order valence-electron chi connectivity index (χ2n) is 4.72. The van der Waals surface area contributed by atoms with E-state index in [0.29, 0.717) is 12.1 Å². The van der Waals surface area contributed by atoms with Crippen LogP contribution in [-0.2, 0) is 6.54 Å². The molecular formula is C16H17FN2O2. The van der Waals surface area contributed by atoms with Gasteiger partial charge in [-0.15, -0.1) is 0 Å². The quantitative estimate of drug-likeness (QED) is 0.889. The first-order chi connectivity index (χ1) is 10.0. The number of nitrogens with two attached hydrogens (primary N) is 1. The molecule has 4 nitrogen and oxygen atoms in total. The van der Waals surface area contributed by atoms with Gasteiger partial charge in [0.1, 0.15) is 0 Å². The van der Waals surface area contributed by atoms with E-state index in [1.165, 1.54) is 13.2 Å². The van der Waals surface area contributed by atoms with Crippen LogP contribution in [0.25, 0.3) is 0 Å². The summed E-state index contributed by atoms with van der Waals surface area (Å²) in [5.41, 5.74) is 8.19. The van der Waals surface area contributed by atoms with Gasteiger partial charge in [0, 0.05) is 17.8 Å². The van der Waals surface area contributed by atoms with Crippen molar-refractivity contribution < 1.29 is 13.9 Å². The molecule has 2 aromatic carbocycles. The van der Waals surface area contributed by atoms with E-state index in [1.807, 2.05) is 13.0 Å². The van der Waals surface area contributed by atoms with Gasteiger partial charge in [0.15, 0.2) is 11.6 Å². The Bertz CT molecular complexity index is 671. The molecule has 0 saturated carbocycles. The Balaban J connectivity index is 2.08. The van der Waals surface area contributed by atoms with Gasteiger partial charge in [0.25, 0.3) is 0 Å². The van der Waals surface area contributed by atoms with Gasteiger partial charge in [-0.25, -0.2) is 4.39 Å². The second-order valence-corrected chi connectivity index (χ2v) is 4.72. The molecule has 110 valence electrons. The zero-order valence-electron chi connectivity index (χ0n) is 11.9. The number of hydrogen-bond acceptors (Lipinski definition) is 3. The number of carbonyl (C=O) groups is 1. The number of benzene rings is 2. The van der Waals surface area contributed by atoms with E-state index in [9.17, 15) is 9.18 Å². The summed E-state index contributed by atoms with van der Waals surface area (Å²) in [6.07, 6.45) is 0. The van der Waals surface area contributed by atoms with Crippen LogP contribution in [0.4, 0.5) is 10.1 Å². The van der Waals surface area contributed by atoms with Crippen molar-refractivity contribution in [1.82, 2.24) is 0 Å². The first-order valence-electron chi connectivity index (χ1n) is 6.48. The van der Waals surface area contributed by atoms with Gasteiger partial charge in [-0.1, -0.05) is 6.07 Å². The van der Waals surface area contributed by atoms with Crippen LogP contribution in [0.5, 0.6) is 5.75 Å². The predicted molar refractivity (Wildman–Crippen MR) is 80.0 cm³/mol. The Morgan fingerprint density at radius 1 is 1.29 bits per heavy atom. The molecule has 0 unspecified atom stereocenters. The molecule has 21 heavy (non-hydrogen) atoms. The van der Waals surface area contributed by atoms with Gasteiger partial charge in [-0.2, -0.15) is 0 Å². The van der Waals surface area contributed by atoms with Crippen molar-refractivity contribution in [2.75, 3.05) is 12.4 Å². The summed E-state index contributed by atoms with van der Waals surface area (Å²) >= 11 is 0. The smallest absolute Gasteiger partial charge is 0.248 e. The summed E-state index contributed by atoms with van der Waals surface area (Å²) in [5, 5.41) is 3.17. The Labute approximate surface area is 122 Å². The fourth-order valence-electron chi connectivity index (χ4n) is 2.07. The summed E-state index contributed by atoms with van der Waals surface area (Å²) in [7, 11) is 1.43. The average Bonchev–Trinajstić information content (AvgIpc) is 2.45. The Hall–Kier alpha value is -2.56. The number of carbonyl (C=O) groups excluding carboxylic acids is 1. The van der Waals surface area contributed by atoms with E-state index in [-0.39, 0.29) is 5.75 Å². The van der Waals surface area contributed by atoms with E-state index in [0.717, 1.165) is 16.8 Å². The lowest BCUT2D eigenvalue weighted by molar-refractivity contribution is 0.1000. The van der Waals surface area contributed by atoms with Gasteiger partial charge in [0.05, 0.1) is 7.11 Å². The molecule has 0 bridgehead atoms. The van der Waals surface area contributed by atoms with Crippen LogP contribution in [0.3, 0.4) is 0 Å². The number of ether oxygens (including phenoxy) is 1. The number of rotatable bonds is 5. The third-order valence-corrected chi connectivity index (χ3v) is 3.20. The zero-order chi connectivity index (χ0) is 15.4. The van der Waals surface area contributed by atoms with Crippen LogP contribution < -0.4 is 15.8 Å². The molecule has 0 aliphatic heterocycles. The van der Waals surface area contributed by atoms with E-state index in [1.54, 1.807) is 24.3 Å². The van der Waals surface area contributed by atoms with Gasteiger partial charge < -0.3 is 15.8 Å². The molecule has 1 amide bonds. The van der Waals surface area contributed by atoms with E-state index in [4.69, 9.17) is 10.5 Å². The number of aryl methyl sites for hydroxylation is 1. The lowest BCUT2D eigenvalue weighted by atomic mass is 10.1. The number of hydrogen-bond donors (Lipinski definition) is 2. The molecule has 0 radical (unpaired) electrons. The number of nitrogens with one attached hydrogen (secondary N) is 1. The minimum Gasteiger partial charge on any atom is -0.494 e. The molecule has 0 aromatic heterocycles. The summed E-state index contributed by atoms with van der Waals surface area (Å²) in [6.45, 7) is 2.29. The average molecular weight is 288 g/mol. The molecule has 0 aliphatic rings. The van der Waals surface area contributed by atoms with Crippen LogP contribution in [0.1, 0.15) is 21.5 Å². The SMILES string of the molecule is COc1ccc(CNc2ccc(C(N)=O)c(C)c2)cc1F. The molecule has 0 atom stereocenters. The standard InChI is InChI=1S/C16H17FN2O2/c1-10-7-12(4-5-13(10)16(18)20)19-9-11-3-6-15(21-2)14(17)8-11/h3-8,19H,9H2,1-2H3,(H2,18,20). The highest BCUT2D eigenvalue weighted by Crippen LogP contribution is 2.19. The van der Waals surface area contributed by atoms with Gasteiger partial charge >= 0.3 is 0 Å². The number of methoxy groups -OCH3 is 1. The van der Waals surface area contributed by atoms with Crippen molar-refractivity contribution in [3.8, 4) is 5.75 Å². The maximum atomic E-state index is 13.6. The summed E-state index contributed by atoms with van der Waals surface area (Å²) in [6, 6.07) is 10.1. The topological polar surface area (TPSA) is 64.3 Å². The summed E-state index contributed by atoms with van der Waals surface area (Å²) < 4.78 is 18.5. The number of primary amides is 1. The molecule has 3 N–H and O–H groups in total. The number of halogens is 1. The van der Waals surface area contributed by atoms with Crippen molar-refractivity contribution in [2.45, 2.75) is 13.5 Å². The minimum absolute atomic E-state index is 0.223. The van der Waals surface area contributed by atoms with E-state index in [2.05, 4.69) is 5.32 Å². The second kappa shape index (κ2) is 6.26. The van der Waals surface area contributed by atoms with Crippen LogP contribution >= 0.6 is 0 Å². The van der Waals surface area contributed by atoms with Crippen LogP contribution in [0.15, 0.2) is 36.4 Å². The van der Waals surface area contributed by atoms with Crippen LogP contribution in [0.2, 0.25) is 0 Å². The van der Waals surface area contributed by atoms with Crippen molar-refractivity contribution >= 4 is 11.6 Å². The fourth-order valence-corrected chi connectivity index (χ4v) is 2.07. The first-order valence-corrected chi connectivity index (χ1v) is 6.48. The Morgan fingerprint density at radius 2 is 2.05 bits per heavy atom. The summed E-state index contributed by atoms with van der Waals surface area (Å²) in [5.74, 6) is -0.617. The lowest BCUT2D eigenvalue weighted by Crippen LogP contribution is -2.12. The molecule has 5 heteroatoms. The highest BCUT2D eigenvalue weighted by Gasteiger charge is 2.06. The molecule has 2 aromatic rings. The van der Waals surface area contributed by atoms with Crippen molar-refractivity contribution in [1.29, 1.82) is 0 Å². The minimum atomic E-state index is -0.448. The van der Waals surface area contributed by atoms with E-state index < -0.39 is 11.7 Å². The molecule has 0 saturated heterocycles. The van der Waals surface area contributed by atoms with Gasteiger partial charge in [-0.3, -0.25) is 4.79 Å². The highest BCUT2D eigenvalue weighted by molar-refractivity contribution is 5.94. The predicted octanol–water partition coefficient (Wildman–Crippen LogP) is 2.85. The highest BCUT2D eigenvalue weighted by atomic mass is 19.1. The largest absolute Gasteiger partial charge is 0.494 e. The lowest BCUT2D eigenvalue weighted by Gasteiger charge is -2.10. The van der Waals surface area contributed by atoms with Crippen LogP contribution in [-0.4, -0.2) is 13.0 Å². The number of amides is 1. The third kappa shape index (κ3) is 3.51. The summed E-state index contributed by atoms with van der Waals surface area (Å²) in [4.78, 5) is 11.2. The van der Waals surface area contributed by atoms with Crippen molar-refractivity contribution in [3.05, 3.63) is 58.9 Å². The van der Waals surface area contributed by atoms with Crippen molar-refractivity contribution in [3.63, 3.8) is 0 Å². The Kier molecular flexibility index (Phi) is 4.42. The molecule has 0 spiro atoms. The molecule has 2 rings (SSSR count). The maximum absolute atomic E-state index is 13.6. The third-order valence-electron chi connectivity index (χ3n) is 3.20. The van der Waals surface area contributed by atoms with Gasteiger partial charge in [-0.05, 0) is 48.4 Å². The molecule has 0 aliphatic carbocycles. The fraction of sp³-hybridized carbons (Fsp3) is 0.188. The monoisotopic (exact) mass is 288 g/mol. The van der Waals surface area contributed by atoms with Crippen LogP contribution in [0, 0.1) is 12.7 Å². The molecule has 0 fully saturated rings.